The molecule has 3 rings (SSSR count). The molecule has 0 atom stereocenters. The molecule has 1 aromatic heterocycles. The average molecular weight is 367 g/mol. The third kappa shape index (κ3) is 4.06. The van der Waals surface area contributed by atoms with Crippen molar-refractivity contribution in [1.29, 1.82) is 0 Å². The maximum Gasteiger partial charge on any atom is 0.253 e. The monoisotopic (exact) mass is 366 g/mol. The molecule has 0 bridgehead atoms. The minimum atomic E-state index is 0. The van der Waals surface area contributed by atoms with Gasteiger partial charge in [0.1, 0.15) is 0 Å². The van der Waals surface area contributed by atoms with E-state index in [-0.39, 0.29) is 18.3 Å². The van der Waals surface area contributed by atoms with Gasteiger partial charge in [0.25, 0.3) is 5.91 Å². The number of rotatable bonds is 4. The van der Waals surface area contributed by atoms with Crippen molar-refractivity contribution in [3.8, 4) is 0 Å². The zero-order valence-corrected chi connectivity index (χ0v) is 15.4. The van der Waals surface area contributed by atoms with Crippen molar-refractivity contribution in [1.82, 2.24) is 9.88 Å². The molecular weight excluding hydrogens is 344 g/mol. The van der Waals surface area contributed by atoms with Crippen LogP contribution in [0.5, 0.6) is 0 Å². The van der Waals surface area contributed by atoms with Crippen molar-refractivity contribution >= 4 is 34.8 Å². The van der Waals surface area contributed by atoms with Crippen LogP contribution in [0.1, 0.15) is 27.7 Å². The second-order valence-electron chi connectivity index (χ2n) is 5.64. The Balaban J connectivity index is 0.00000208. The summed E-state index contributed by atoms with van der Waals surface area (Å²) in [5.74, 6) is 0.0987. The van der Waals surface area contributed by atoms with E-state index in [1.54, 1.807) is 11.3 Å². The van der Waals surface area contributed by atoms with Gasteiger partial charge in [-0.15, -0.1) is 23.7 Å². The van der Waals surface area contributed by atoms with Crippen LogP contribution in [0.3, 0.4) is 0 Å². The maximum atomic E-state index is 12.6. The van der Waals surface area contributed by atoms with E-state index in [9.17, 15) is 4.79 Å². The molecule has 1 fully saturated rings. The summed E-state index contributed by atoms with van der Waals surface area (Å²) >= 11 is 1.75. The average Bonchev–Trinajstić information content (AvgIpc) is 3.10. The van der Waals surface area contributed by atoms with Crippen LogP contribution in [0.4, 0.5) is 5.13 Å². The van der Waals surface area contributed by atoms with Crippen molar-refractivity contribution in [3.63, 3.8) is 0 Å². The van der Waals surface area contributed by atoms with Crippen LogP contribution in [0, 0.1) is 0 Å². The second-order valence-corrected chi connectivity index (χ2v) is 6.74. The summed E-state index contributed by atoms with van der Waals surface area (Å²) in [6.45, 7) is 5.79. The Labute approximate surface area is 152 Å². The van der Waals surface area contributed by atoms with E-state index in [1.165, 1.54) is 4.88 Å². The van der Waals surface area contributed by atoms with Gasteiger partial charge in [-0.1, -0.05) is 19.1 Å². The first-order valence-corrected chi connectivity index (χ1v) is 8.81. The van der Waals surface area contributed by atoms with Crippen molar-refractivity contribution < 1.29 is 4.79 Å². The van der Waals surface area contributed by atoms with E-state index in [2.05, 4.69) is 16.8 Å². The predicted octanol–water partition coefficient (Wildman–Crippen LogP) is 2.55. The Kier molecular flexibility index (Phi) is 6.60. The molecule has 0 unspecified atom stereocenters. The maximum absolute atomic E-state index is 12.6. The van der Waals surface area contributed by atoms with E-state index in [1.807, 2.05) is 35.4 Å². The summed E-state index contributed by atoms with van der Waals surface area (Å²) < 4.78 is 0. The lowest BCUT2D eigenvalue weighted by Gasteiger charge is -2.34. The molecule has 1 aliphatic heterocycles. The van der Waals surface area contributed by atoms with Crippen molar-refractivity contribution in [2.24, 2.45) is 5.73 Å². The number of nitrogens with zero attached hydrogens (tertiary/aromatic N) is 3. The Morgan fingerprint density at radius 2 is 1.88 bits per heavy atom. The number of nitrogens with two attached hydrogens (primary N) is 1. The zero-order chi connectivity index (χ0) is 16.2. The number of hydrogen-bond acceptors (Lipinski definition) is 5. The number of halogens is 1. The first-order valence-electron chi connectivity index (χ1n) is 7.99. The standard InChI is InChI=1S/C17H22N4OS.ClH/c1-2-15-12-19-17(23-15)21-9-7-20(8-10-21)16(22)14-5-3-13(11-18)4-6-14;/h3-6,12H,2,7-11,18H2,1H3;1H. The molecule has 1 aromatic carbocycles. The molecule has 130 valence electrons. The minimum Gasteiger partial charge on any atom is -0.345 e. The lowest BCUT2D eigenvalue weighted by atomic mass is 10.1. The van der Waals surface area contributed by atoms with Crippen LogP contribution >= 0.6 is 23.7 Å². The van der Waals surface area contributed by atoms with E-state index in [4.69, 9.17) is 5.73 Å². The van der Waals surface area contributed by atoms with Crippen LogP contribution in [0.2, 0.25) is 0 Å². The predicted molar refractivity (Wildman–Crippen MR) is 101 cm³/mol. The molecule has 0 spiro atoms. The van der Waals surface area contributed by atoms with Crippen LogP contribution in [0.15, 0.2) is 30.5 Å². The summed E-state index contributed by atoms with van der Waals surface area (Å²) in [5.41, 5.74) is 7.37. The van der Waals surface area contributed by atoms with Gasteiger partial charge >= 0.3 is 0 Å². The van der Waals surface area contributed by atoms with Crippen LogP contribution in [-0.2, 0) is 13.0 Å². The van der Waals surface area contributed by atoms with E-state index in [0.717, 1.165) is 48.9 Å². The summed E-state index contributed by atoms with van der Waals surface area (Å²) in [4.78, 5) is 22.5. The van der Waals surface area contributed by atoms with E-state index >= 15 is 0 Å². The Bertz CT molecular complexity index is 665. The molecule has 1 amide bonds. The molecule has 2 N–H and O–H groups in total. The lowest BCUT2D eigenvalue weighted by molar-refractivity contribution is 0.0747. The van der Waals surface area contributed by atoms with Gasteiger partial charge in [0.2, 0.25) is 0 Å². The molecule has 0 aliphatic carbocycles. The number of aryl methyl sites for hydroxylation is 1. The number of piperazine rings is 1. The van der Waals surface area contributed by atoms with Gasteiger partial charge in [0, 0.05) is 49.4 Å². The smallest absolute Gasteiger partial charge is 0.253 e. The van der Waals surface area contributed by atoms with Gasteiger partial charge in [-0.3, -0.25) is 4.79 Å². The SMILES string of the molecule is CCc1cnc(N2CCN(C(=O)c3ccc(CN)cc3)CC2)s1.Cl. The topological polar surface area (TPSA) is 62.5 Å². The lowest BCUT2D eigenvalue weighted by Crippen LogP contribution is -2.48. The number of carbonyl (C=O) groups is 1. The third-order valence-electron chi connectivity index (χ3n) is 4.16. The van der Waals surface area contributed by atoms with Crippen LogP contribution in [-0.4, -0.2) is 42.0 Å². The van der Waals surface area contributed by atoms with Crippen LogP contribution in [0.25, 0.3) is 0 Å². The summed E-state index contributed by atoms with van der Waals surface area (Å²) in [6.07, 6.45) is 2.98. The first-order chi connectivity index (χ1) is 11.2. The second kappa shape index (κ2) is 8.46. The highest BCUT2D eigenvalue weighted by molar-refractivity contribution is 7.15. The first kappa shape index (κ1) is 18.7. The number of thiazole rings is 1. The summed E-state index contributed by atoms with van der Waals surface area (Å²) in [5, 5.41) is 1.07. The minimum absolute atomic E-state index is 0. The molecule has 0 saturated carbocycles. The van der Waals surface area contributed by atoms with Gasteiger partial charge < -0.3 is 15.5 Å². The Morgan fingerprint density at radius 1 is 1.21 bits per heavy atom. The van der Waals surface area contributed by atoms with Crippen molar-refractivity contribution in [2.75, 3.05) is 31.1 Å². The molecule has 7 heteroatoms. The fourth-order valence-corrected chi connectivity index (χ4v) is 3.57. The van der Waals surface area contributed by atoms with Gasteiger partial charge in [-0.2, -0.15) is 0 Å². The Hall–Kier alpha value is -1.63. The van der Waals surface area contributed by atoms with E-state index in [0.29, 0.717) is 6.54 Å². The third-order valence-corrected chi connectivity index (χ3v) is 5.37. The molecule has 0 radical (unpaired) electrons. The highest BCUT2D eigenvalue weighted by Crippen LogP contribution is 2.24. The molecule has 5 nitrogen and oxygen atoms in total. The number of anilines is 1. The van der Waals surface area contributed by atoms with Crippen molar-refractivity contribution in [3.05, 3.63) is 46.5 Å². The quantitative estimate of drug-likeness (QED) is 0.903. The van der Waals surface area contributed by atoms with Gasteiger partial charge in [-0.05, 0) is 24.1 Å². The van der Waals surface area contributed by atoms with Crippen LogP contribution < -0.4 is 10.6 Å². The molecule has 1 aliphatic rings. The summed E-state index contributed by atoms with van der Waals surface area (Å²) in [7, 11) is 0. The number of benzene rings is 1. The molecule has 1 saturated heterocycles. The molecular formula is C17H23ClN4OS. The molecule has 24 heavy (non-hydrogen) atoms. The highest BCUT2D eigenvalue weighted by atomic mass is 35.5. The van der Waals surface area contributed by atoms with Gasteiger partial charge in [0.05, 0.1) is 0 Å². The molecule has 2 aromatic rings. The largest absolute Gasteiger partial charge is 0.345 e. The van der Waals surface area contributed by atoms with Gasteiger partial charge in [-0.25, -0.2) is 4.98 Å². The number of hydrogen-bond donors (Lipinski definition) is 1. The normalized spacial score (nSPS) is 14.4. The van der Waals surface area contributed by atoms with E-state index < -0.39 is 0 Å². The van der Waals surface area contributed by atoms with Crippen molar-refractivity contribution in [2.45, 2.75) is 19.9 Å². The number of aromatic nitrogens is 1. The number of carbonyl (C=O) groups excluding carboxylic acids is 1. The fraction of sp³-hybridized carbons (Fsp3) is 0.412. The van der Waals surface area contributed by atoms with Gasteiger partial charge in [0.15, 0.2) is 5.13 Å². The number of amides is 1. The zero-order valence-electron chi connectivity index (χ0n) is 13.8. The Morgan fingerprint density at radius 3 is 2.42 bits per heavy atom. The summed E-state index contributed by atoms with van der Waals surface area (Å²) in [6, 6.07) is 7.58. The molecule has 2 heterocycles. The fourth-order valence-electron chi connectivity index (χ4n) is 2.67. The highest BCUT2D eigenvalue weighted by Gasteiger charge is 2.23.